The average Bonchev–Trinajstić information content (AvgIpc) is 3.42. The van der Waals surface area contributed by atoms with Gasteiger partial charge in [0.2, 0.25) is 11.8 Å². The first-order chi connectivity index (χ1) is 20.0. The van der Waals surface area contributed by atoms with Crippen molar-refractivity contribution in [3.05, 3.63) is 21.8 Å². The van der Waals surface area contributed by atoms with E-state index in [2.05, 4.69) is 5.32 Å². The lowest BCUT2D eigenvalue weighted by molar-refractivity contribution is -0.151. The molecule has 19 heteroatoms. The molecule has 7 N–H and O–H groups in total. The summed E-state index contributed by atoms with van der Waals surface area (Å²) in [6, 6.07) is 0. The molecule has 2 aliphatic rings. The monoisotopic (exact) mass is 963 g/mol. The van der Waals surface area contributed by atoms with Crippen LogP contribution < -0.4 is 16.8 Å². The van der Waals surface area contributed by atoms with Crippen LogP contribution in [0.2, 0.25) is 0 Å². The maximum absolute atomic E-state index is 12.1. The number of carbonyl (C=O) groups excluding carboxylic acids is 4. The molecule has 2 fully saturated rings. The van der Waals surface area contributed by atoms with Gasteiger partial charge in [0.1, 0.15) is 0 Å². The number of hydrogen-bond acceptors (Lipinski definition) is 11. The van der Waals surface area contributed by atoms with Gasteiger partial charge in [-0.3, -0.25) is 19.2 Å². The number of nitrogens with two attached hydrogens (primary N) is 2. The number of amides is 3. The largest absolute Gasteiger partial charge is 0.478 e. The Morgan fingerprint density at radius 2 is 1.18 bits per heavy atom. The first-order valence-electron chi connectivity index (χ1n) is 12.4. The highest BCUT2D eigenvalue weighted by Crippen LogP contribution is 2.36. The van der Waals surface area contributed by atoms with Gasteiger partial charge in [-0.15, -0.1) is 0 Å². The van der Waals surface area contributed by atoms with E-state index < -0.39 is 65.5 Å². The van der Waals surface area contributed by atoms with Crippen molar-refractivity contribution in [2.24, 2.45) is 11.5 Å². The molecule has 0 bridgehead atoms. The van der Waals surface area contributed by atoms with Gasteiger partial charge in [-0.25, -0.2) is 9.59 Å². The Labute approximate surface area is 293 Å². The summed E-state index contributed by atoms with van der Waals surface area (Å²) >= 11 is 5.10. The third-order valence-corrected chi connectivity index (χ3v) is 8.59. The summed E-state index contributed by atoms with van der Waals surface area (Å²) in [6.07, 6.45) is -2.26. The molecule has 44 heavy (non-hydrogen) atoms. The predicted octanol–water partition coefficient (Wildman–Crippen LogP) is 2.03. The number of benzene rings is 1. The number of carbonyl (C=O) groups is 6. The molecule has 246 valence electrons. The molecule has 0 aliphatic carbocycles. The minimum absolute atomic E-state index is 0.0513. The van der Waals surface area contributed by atoms with Crippen LogP contribution in [0.5, 0.6) is 0 Å². The van der Waals surface area contributed by atoms with Crippen molar-refractivity contribution in [3.63, 3.8) is 0 Å². The Bertz CT molecular complexity index is 1240. The SMILES string of the molecule is CC(=O)OC(C)C(=O)Nc1c(I)c(C(=O)O)c(I)c(C(=O)O)c1I.CC1(C)OCC(C(N)=O)O1.CC1(C)OCC(C(N)=O)O1. The van der Waals surface area contributed by atoms with Gasteiger partial charge in [-0.05, 0) is 102 Å². The first-order valence-corrected chi connectivity index (χ1v) is 15.6. The molecule has 0 saturated carbocycles. The number of aromatic carboxylic acids is 2. The molecule has 0 spiro atoms. The molecule has 2 saturated heterocycles. The van der Waals surface area contributed by atoms with E-state index in [0.717, 1.165) is 6.92 Å². The molecule has 0 aromatic heterocycles. The third-order valence-electron chi connectivity index (χ3n) is 5.36. The molecule has 0 radical (unpaired) electrons. The Balaban J connectivity index is 0.000000393. The minimum Gasteiger partial charge on any atom is -0.478 e. The van der Waals surface area contributed by atoms with Gasteiger partial charge in [0.25, 0.3) is 5.91 Å². The van der Waals surface area contributed by atoms with Crippen molar-refractivity contribution in [3.8, 4) is 0 Å². The second kappa shape index (κ2) is 16.6. The Kier molecular flexibility index (Phi) is 15.1. The van der Waals surface area contributed by atoms with Crippen molar-refractivity contribution in [2.75, 3.05) is 18.5 Å². The number of anilines is 1. The molecule has 3 atom stereocenters. The highest BCUT2D eigenvalue weighted by Gasteiger charge is 2.36. The maximum Gasteiger partial charge on any atom is 0.337 e. The summed E-state index contributed by atoms with van der Waals surface area (Å²) in [5, 5.41) is 21.1. The normalized spacial score (nSPS) is 20.1. The summed E-state index contributed by atoms with van der Waals surface area (Å²) < 4.78 is 25.6. The van der Waals surface area contributed by atoms with Gasteiger partial charge in [0.15, 0.2) is 29.9 Å². The number of rotatable bonds is 7. The first kappa shape index (κ1) is 40.1. The fourth-order valence-electron chi connectivity index (χ4n) is 3.33. The summed E-state index contributed by atoms with van der Waals surface area (Å²) in [5.41, 5.74) is 9.56. The lowest BCUT2D eigenvalue weighted by Crippen LogP contribution is -2.32. The van der Waals surface area contributed by atoms with Crippen LogP contribution >= 0.6 is 67.8 Å². The fourth-order valence-corrected chi connectivity index (χ4v) is 7.69. The average molecular weight is 963 g/mol. The quantitative estimate of drug-likeness (QED) is 0.194. The number of carboxylic acids is 2. The molecule has 1 aromatic carbocycles. The van der Waals surface area contributed by atoms with Gasteiger partial charge in [0.05, 0.1) is 37.2 Å². The van der Waals surface area contributed by atoms with Gasteiger partial charge < -0.3 is 50.7 Å². The maximum atomic E-state index is 12.1. The van der Waals surface area contributed by atoms with Crippen molar-refractivity contribution >= 4 is 109 Å². The number of carboxylic acid groups (broad SMARTS) is 2. The van der Waals surface area contributed by atoms with Crippen LogP contribution in [-0.2, 0) is 42.9 Å². The number of halogens is 3. The Morgan fingerprint density at radius 3 is 1.41 bits per heavy atom. The van der Waals surface area contributed by atoms with E-state index in [1.807, 2.05) is 0 Å². The molecule has 1 aromatic rings. The van der Waals surface area contributed by atoms with Crippen LogP contribution in [0, 0.1) is 10.7 Å². The predicted molar refractivity (Wildman–Crippen MR) is 177 cm³/mol. The zero-order valence-corrected chi connectivity index (χ0v) is 30.8. The molecule has 16 nitrogen and oxygen atoms in total. The molecule has 3 amide bonds. The van der Waals surface area contributed by atoms with Crippen molar-refractivity contribution < 1.29 is 62.7 Å². The van der Waals surface area contributed by atoms with Gasteiger partial charge in [-0.1, -0.05) is 0 Å². The van der Waals surface area contributed by atoms with E-state index >= 15 is 0 Å². The van der Waals surface area contributed by atoms with Gasteiger partial charge >= 0.3 is 17.9 Å². The lowest BCUT2D eigenvalue weighted by atomic mass is 10.1. The third kappa shape index (κ3) is 11.8. The van der Waals surface area contributed by atoms with Gasteiger partial charge in [-0.2, -0.15) is 0 Å². The lowest BCUT2D eigenvalue weighted by Gasteiger charge is -2.18. The van der Waals surface area contributed by atoms with E-state index in [1.165, 1.54) is 6.92 Å². The zero-order chi connectivity index (χ0) is 34.3. The highest BCUT2D eigenvalue weighted by atomic mass is 127. The van der Waals surface area contributed by atoms with Crippen LogP contribution in [0.1, 0.15) is 62.3 Å². The van der Waals surface area contributed by atoms with Crippen molar-refractivity contribution in [1.82, 2.24) is 0 Å². The molecular formula is C25H32I3N3O13. The highest BCUT2D eigenvalue weighted by molar-refractivity contribution is 14.1. The molecule has 2 heterocycles. The number of ether oxygens (including phenoxy) is 5. The summed E-state index contributed by atoms with van der Waals surface area (Å²) in [5.74, 6) is -6.22. The second-order valence-corrected chi connectivity index (χ2v) is 13.1. The van der Waals surface area contributed by atoms with Crippen LogP contribution in [-0.4, -0.2) is 88.9 Å². The number of primary amides is 2. The number of hydrogen-bond donors (Lipinski definition) is 5. The summed E-state index contributed by atoms with van der Waals surface area (Å²) in [4.78, 5) is 67.0. The van der Waals surface area contributed by atoms with Crippen LogP contribution in [0.4, 0.5) is 5.69 Å². The molecular weight excluding hydrogens is 931 g/mol. The van der Waals surface area contributed by atoms with Crippen molar-refractivity contribution in [1.29, 1.82) is 0 Å². The Hall–Kier alpha value is -1.93. The van der Waals surface area contributed by atoms with Crippen LogP contribution in [0.15, 0.2) is 0 Å². The van der Waals surface area contributed by atoms with E-state index in [4.69, 9.17) is 35.2 Å². The van der Waals surface area contributed by atoms with E-state index in [9.17, 15) is 39.0 Å². The minimum atomic E-state index is -1.31. The van der Waals surface area contributed by atoms with Crippen molar-refractivity contribution in [2.45, 2.75) is 71.4 Å². The summed E-state index contributed by atoms with van der Waals surface area (Å²) in [6.45, 7) is 10.0. The van der Waals surface area contributed by atoms with E-state index in [-0.39, 0.29) is 40.7 Å². The molecule has 3 unspecified atom stereocenters. The molecule has 3 rings (SSSR count). The summed E-state index contributed by atoms with van der Waals surface area (Å²) in [7, 11) is 0. The molecule has 2 aliphatic heterocycles. The number of esters is 1. The Morgan fingerprint density at radius 1 is 0.818 bits per heavy atom. The number of nitrogens with one attached hydrogen (secondary N) is 1. The van der Waals surface area contributed by atoms with Crippen LogP contribution in [0.3, 0.4) is 0 Å². The topological polar surface area (TPSA) is 253 Å². The smallest absolute Gasteiger partial charge is 0.337 e. The van der Waals surface area contributed by atoms with E-state index in [1.54, 1.807) is 95.5 Å². The van der Waals surface area contributed by atoms with Gasteiger partial charge in [0, 0.05) is 10.5 Å². The zero-order valence-electron chi connectivity index (χ0n) is 24.3. The van der Waals surface area contributed by atoms with E-state index in [0.29, 0.717) is 0 Å². The standard InChI is InChI=1S/C13H10I3NO7.2C6H11NO3/c1-3(24-4(2)18)11(19)17-10-8(15)5(12(20)21)7(14)6(9(10)16)13(22)23;2*1-6(2)9-3-4(10-6)5(7)8/h3H,1-2H3,(H,17,19)(H,20,21)(H,22,23);2*4H,3H2,1-2H3,(H2,7,8). The second-order valence-electron chi connectivity index (χ2n) is 9.86. The fraction of sp³-hybridized carbons (Fsp3) is 0.520. The van der Waals surface area contributed by atoms with Crippen LogP contribution in [0.25, 0.3) is 0 Å².